The van der Waals surface area contributed by atoms with Crippen LogP contribution >= 0.6 is 0 Å². The highest BCUT2D eigenvalue weighted by Gasteiger charge is 2.29. The predicted molar refractivity (Wildman–Crippen MR) is 87.9 cm³/mol. The van der Waals surface area contributed by atoms with Gasteiger partial charge < -0.3 is 10.2 Å². The van der Waals surface area contributed by atoms with Gasteiger partial charge in [0.15, 0.2) is 0 Å². The Balaban J connectivity index is 1.64. The first-order chi connectivity index (χ1) is 11.6. The molecule has 1 fully saturated rings. The molecule has 1 aromatic heterocycles. The molecule has 124 valence electrons. The number of amides is 2. The third-order valence-electron chi connectivity index (χ3n) is 4.10. The van der Waals surface area contributed by atoms with Crippen LogP contribution in [0.15, 0.2) is 48.8 Å². The first-order valence-corrected chi connectivity index (χ1v) is 7.89. The number of hydrogen-bond acceptors (Lipinski definition) is 3. The fraction of sp³-hybridized carbons (Fsp3) is 0.278. The van der Waals surface area contributed by atoms with E-state index in [2.05, 4.69) is 10.3 Å². The number of aromatic nitrogens is 1. The van der Waals surface area contributed by atoms with Gasteiger partial charge in [-0.1, -0.05) is 0 Å². The molecule has 0 saturated carbocycles. The Morgan fingerprint density at radius 2 is 2.00 bits per heavy atom. The minimum atomic E-state index is -0.376. The van der Waals surface area contributed by atoms with Crippen molar-refractivity contribution in [3.63, 3.8) is 0 Å². The zero-order valence-electron chi connectivity index (χ0n) is 13.1. The van der Waals surface area contributed by atoms with E-state index < -0.39 is 0 Å². The summed E-state index contributed by atoms with van der Waals surface area (Å²) in [5.41, 5.74) is 1.08. The van der Waals surface area contributed by atoms with E-state index in [0.717, 1.165) is 12.8 Å². The Morgan fingerprint density at radius 3 is 2.71 bits per heavy atom. The lowest BCUT2D eigenvalue weighted by Crippen LogP contribution is -2.43. The summed E-state index contributed by atoms with van der Waals surface area (Å²) in [4.78, 5) is 30.5. The van der Waals surface area contributed by atoms with E-state index >= 15 is 0 Å². The van der Waals surface area contributed by atoms with Crippen molar-refractivity contribution >= 4 is 17.5 Å². The molecule has 0 aliphatic carbocycles. The van der Waals surface area contributed by atoms with Crippen LogP contribution in [-0.4, -0.2) is 34.8 Å². The van der Waals surface area contributed by atoms with Crippen LogP contribution < -0.4 is 5.32 Å². The second-order valence-electron chi connectivity index (χ2n) is 5.83. The van der Waals surface area contributed by atoms with Crippen molar-refractivity contribution in [3.05, 3.63) is 60.2 Å². The molecule has 0 radical (unpaired) electrons. The Morgan fingerprint density at radius 1 is 1.21 bits per heavy atom. The smallest absolute Gasteiger partial charge is 0.253 e. The average Bonchev–Trinajstić information content (AvgIpc) is 2.63. The fourth-order valence-corrected chi connectivity index (χ4v) is 2.83. The second-order valence-corrected chi connectivity index (χ2v) is 5.83. The van der Waals surface area contributed by atoms with E-state index in [1.807, 2.05) is 0 Å². The van der Waals surface area contributed by atoms with E-state index in [4.69, 9.17) is 0 Å². The molecular formula is C18H18FN3O2. The molecule has 6 heteroatoms. The normalized spacial score (nSPS) is 17.4. The first kappa shape index (κ1) is 16.1. The number of hydrogen-bond donors (Lipinski definition) is 1. The summed E-state index contributed by atoms with van der Waals surface area (Å²) in [5, 5.41) is 2.83. The number of nitrogens with zero attached hydrogens (tertiary/aromatic N) is 2. The predicted octanol–water partition coefficient (Wildman–Crippen LogP) is 2.71. The molecule has 1 aliphatic rings. The average molecular weight is 327 g/mol. The molecule has 3 rings (SSSR count). The van der Waals surface area contributed by atoms with Gasteiger partial charge in [-0.05, 0) is 49.2 Å². The lowest BCUT2D eigenvalue weighted by molar-refractivity contribution is -0.121. The number of halogens is 1. The number of carbonyl (C=O) groups is 2. The van der Waals surface area contributed by atoms with Gasteiger partial charge in [0, 0.05) is 24.8 Å². The molecule has 1 aromatic carbocycles. The maximum absolute atomic E-state index is 13.0. The van der Waals surface area contributed by atoms with Gasteiger partial charge in [0.25, 0.3) is 5.91 Å². The fourth-order valence-electron chi connectivity index (χ4n) is 2.83. The highest BCUT2D eigenvalue weighted by atomic mass is 19.1. The molecule has 2 amide bonds. The number of pyridine rings is 1. The zero-order chi connectivity index (χ0) is 16.9. The van der Waals surface area contributed by atoms with Crippen LogP contribution in [0.4, 0.5) is 10.1 Å². The van der Waals surface area contributed by atoms with Gasteiger partial charge in [-0.2, -0.15) is 0 Å². The summed E-state index contributed by atoms with van der Waals surface area (Å²) in [5.74, 6) is -0.921. The SMILES string of the molecule is O=C(Nc1cccnc1)[C@@H]1CCCN(C(=O)c2ccc(F)cc2)C1. The Bertz CT molecular complexity index is 719. The second kappa shape index (κ2) is 7.21. The highest BCUT2D eigenvalue weighted by Crippen LogP contribution is 2.20. The Kier molecular flexibility index (Phi) is 4.84. The van der Waals surface area contributed by atoms with E-state index in [1.165, 1.54) is 24.3 Å². The van der Waals surface area contributed by atoms with Gasteiger partial charge in [-0.25, -0.2) is 4.39 Å². The minimum absolute atomic E-state index is 0.111. The zero-order valence-corrected chi connectivity index (χ0v) is 13.1. The van der Waals surface area contributed by atoms with Gasteiger partial charge in [-0.3, -0.25) is 14.6 Å². The van der Waals surface area contributed by atoms with Crippen molar-refractivity contribution < 1.29 is 14.0 Å². The molecule has 24 heavy (non-hydrogen) atoms. The lowest BCUT2D eigenvalue weighted by atomic mass is 9.96. The molecule has 2 heterocycles. The van der Waals surface area contributed by atoms with Crippen molar-refractivity contribution in [2.45, 2.75) is 12.8 Å². The summed E-state index contributed by atoms with van der Waals surface area (Å²) >= 11 is 0. The van der Waals surface area contributed by atoms with Gasteiger partial charge in [-0.15, -0.1) is 0 Å². The number of carbonyl (C=O) groups excluding carboxylic acids is 2. The third kappa shape index (κ3) is 3.76. The van der Waals surface area contributed by atoms with E-state index in [-0.39, 0.29) is 23.5 Å². The van der Waals surface area contributed by atoms with Gasteiger partial charge in [0.1, 0.15) is 5.82 Å². The van der Waals surface area contributed by atoms with Crippen molar-refractivity contribution in [3.8, 4) is 0 Å². The largest absolute Gasteiger partial charge is 0.338 e. The van der Waals surface area contributed by atoms with Crippen LogP contribution in [0.3, 0.4) is 0 Å². The molecule has 0 spiro atoms. The maximum Gasteiger partial charge on any atom is 0.253 e. The molecule has 0 unspecified atom stereocenters. The van der Waals surface area contributed by atoms with Gasteiger partial charge in [0.05, 0.1) is 17.8 Å². The summed E-state index contributed by atoms with van der Waals surface area (Å²) in [7, 11) is 0. The molecule has 1 saturated heterocycles. The van der Waals surface area contributed by atoms with E-state index in [1.54, 1.807) is 29.4 Å². The van der Waals surface area contributed by atoms with Crippen molar-refractivity contribution in [1.29, 1.82) is 0 Å². The minimum Gasteiger partial charge on any atom is -0.338 e. The quantitative estimate of drug-likeness (QED) is 0.943. The highest BCUT2D eigenvalue weighted by molar-refractivity contribution is 5.96. The van der Waals surface area contributed by atoms with Crippen LogP contribution in [0.1, 0.15) is 23.2 Å². The Labute approximate surface area is 139 Å². The van der Waals surface area contributed by atoms with Crippen molar-refractivity contribution in [1.82, 2.24) is 9.88 Å². The maximum atomic E-state index is 13.0. The molecular weight excluding hydrogens is 309 g/mol. The summed E-state index contributed by atoms with van der Waals surface area (Å²) in [6.07, 6.45) is 4.72. The van der Waals surface area contributed by atoms with E-state index in [9.17, 15) is 14.0 Å². The molecule has 1 N–H and O–H groups in total. The van der Waals surface area contributed by atoms with E-state index in [0.29, 0.717) is 24.3 Å². The number of benzene rings is 1. The van der Waals surface area contributed by atoms with Crippen LogP contribution in [-0.2, 0) is 4.79 Å². The van der Waals surface area contributed by atoms with Crippen LogP contribution in [0, 0.1) is 11.7 Å². The van der Waals surface area contributed by atoms with Gasteiger partial charge >= 0.3 is 0 Å². The molecule has 5 nitrogen and oxygen atoms in total. The summed E-state index contributed by atoms with van der Waals surface area (Å²) < 4.78 is 13.0. The van der Waals surface area contributed by atoms with Crippen LogP contribution in [0.2, 0.25) is 0 Å². The number of rotatable bonds is 3. The summed E-state index contributed by atoms with van der Waals surface area (Å²) in [6, 6.07) is 9.00. The summed E-state index contributed by atoms with van der Waals surface area (Å²) in [6.45, 7) is 0.967. The van der Waals surface area contributed by atoms with Gasteiger partial charge in [0.2, 0.25) is 5.91 Å². The molecule has 1 atom stereocenters. The Hall–Kier alpha value is -2.76. The first-order valence-electron chi connectivity index (χ1n) is 7.89. The number of piperidine rings is 1. The van der Waals surface area contributed by atoms with Crippen molar-refractivity contribution in [2.75, 3.05) is 18.4 Å². The van der Waals surface area contributed by atoms with Crippen LogP contribution in [0.5, 0.6) is 0 Å². The topological polar surface area (TPSA) is 62.3 Å². The molecule has 0 bridgehead atoms. The lowest BCUT2D eigenvalue weighted by Gasteiger charge is -2.32. The monoisotopic (exact) mass is 327 g/mol. The molecule has 1 aliphatic heterocycles. The number of anilines is 1. The molecule has 2 aromatic rings. The third-order valence-corrected chi connectivity index (χ3v) is 4.10. The van der Waals surface area contributed by atoms with Crippen LogP contribution in [0.25, 0.3) is 0 Å². The number of nitrogens with one attached hydrogen (secondary N) is 1. The number of likely N-dealkylation sites (tertiary alicyclic amines) is 1. The standard InChI is InChI=1S/C18H18FN3O2/c19-15-7-5-13(6-8-15)18(24)22-10-2-3-14(12-22)17(23)21-16-4-1-9-20-11-16/h1,4-9,11,14H,2-3,10,12H2,(H,21,23)/t14-/m1/s1. The van der Waals surface area contributed by atoms with Crippen molar-refractivity contribution in [2.24, 2.45) is 5.92 Å².